The lowest BCUT2D eigenvalue weighted by Crippen LogP contribution is -2.00. The number of benzene rings is 1. The second-order valence-corrected chi connectivity index (χ2v) is 3.02. The van der Waals surface area contributed by atoms with Gasteiger partial charge in [0.1, 0.15) is 12.3 Å². The van der Waals surface area contributed by atoms with Crippen LogP contribution in [0.1, 0.15) is 5.56 Å². The fourth-order valence-electron chi connectivity index (χ4n) is 1.11. The Morgan fingerprint density at radius 3 is 2.76 bits per heavy atom. The molecule has 17 heavy (non-hydrogen) atoms. The number of non-ortho nitro benzene ring substituents is 1. The van der Waals surface area contributed by atoms with Crippen molar-refractivity contribution in [2.24, 2.45) is 5.18 Å². The summed E-state index contributed by atoms with van der Waals surface area (Å²) >= 11 is 0. The Bertz CT molecular complexity index is 484. The maximum absolute atomic E-state index is 10.8. The number of hydrogen-bond donors (Lipinski definition) is 0. The number of nitro groups is 1. The number of esters is 1. The minimum absolute atomic E-state index is 0.0937. The number of nitro benzene ring substituents is 1. The minimum atomic E-state index is -0.659. The third-order valence-electron chi connectivity index (χ3n) is 1.83. The molecule has 0 N–H and O–H groups in total. The van der Waals surface area contributed by atoms with Gasteiger partial charge in [-0.25, -0.2) is 4.79 Å². The smallest absolute Gasteiger partial charge is 0.330 e. The van der Waals surface area contributed by atoms with Crippen LogP contribution in [0.3, 0.4) is 0 Å². The summed E-state index contributed by atoms with van der Waals surface area (Å²) in [5.41, 5.74) is -0.0698. The molecule has 0 fully saturated rings. The van der Waals surface area contributed by atoms with Gasteiger partial charge in [-0.1, -0.05) is 6.58 Å². The highest BCUT2D eigenvalue weighted by Gasteiger charge is 2.11. The summed E-state index contributed by atoms with van der Waals surface area (Å²) in [5.74, 6) is -0.655. The molecular weight excluding hydrogens is 228 g/mol. The van der Waals surface area contributed by atoms with Gasteiger partial charge in [0.15, 0.2) is 0 Å². The fourth-order valence-corrected chi connectivity index (χ4v) is 1.11. The summed E-state index contributed by atoms with van der Waals surface area (Å²) in [4.78, 5) is 31.0. The van der Waals surface area contributed by atoms with Crippen molar-refractivity contribution in [1.29, 1.82) is 0 Å². The van der Waals surface area contributed by atoms with Gasteiger partial charge in [0, 0.05) is 18.2 Å². The zero-order valence-electron chi connectivity index (χ0n) is 8.66. The molecule has 1 rings (SSSR count). The lowest BCUT2D eigenvalue weighted by atomic mass is 10.2. The first-order chi connectivity index (χ1) is 8.06. The van der Waals surface area contributed by atoms with Crippen LogP contribution in [-0.4, -0.2) is 10.9 Å². The van der Waals surface area contributed by atoms with E-state index in [9.17, 15) is 19.8 Å². The molecule has 7 nitrogen and oxygen atoms in total. The van der Waals surface area contributed by atoms with Crippen LogP contribution in [-0.2, 0) is 16.1 Å². The predicted molar refractivity (Wildman–Crippen MR) is 58.5 cm³/mol. The summed E-state index contributed by atoms with van der Waals surface area (Å²) in [6, 6.07) is 3.53. The van der Waals surface area contributed by atoms with Gasteiger partial charge in [-0.2, -0.15) is 0 Å². The van der Waals surface area contributed by atoms with Crippen LogP contribution in [0.25, 0.3) is 0 Å². The van der Waals surface area contributed by atoms with Crippen molar-refractivity contribution in [3.63, 3.8) is 0 Å². The van der Waals surface area contributed by atoms with Crippen LogP contribution in [0.5, 0.6) is 0 Å². The van der Waals surface area contributed by atoms with Crippen molar-refractivity contribution < 1.29 is 14.5 Å². The molecule has 0 bridgehead atoms. The number of ether oxygens (including phenoxy) is 1. The van der Waals surface area contributed by atoms with Crippen molar-refractivity contribution in [3.05, 3.63) is 51.4 Å². The minimum Gasteiger partial charge on any atom is -0.458 e. The molecule has 0 unspecified atom stereocenters. The summed E-state index contributed by atoms with van der Waals surface area (Å²) in [6.07, 6.45) is 0.968. The Hall–Kier alpha value is -2.57. The summed E-state index contributed by atoms with van der Waals surface area (Å²) in [6.45, 7) is 3.02. The number of nitrogens with zero attached hydrogens (tertiary/aromatic N) is 2. The molecule has 88 valence electrons. The zero-order valence-corrected chi connectivity index (χ0v) is 8.66. The molecule has 0 aliphatic heterocycles. The van der Waals surface area contributed by atoms with Crippen LogP contribution < -0.4 is 0 Å². The van der Waals surface area contributed by atoms with Gasteiger partial charge in [-0.3, -0.25) is 10.1 Å². The van der Waals surface area contributed by atoms with Gasteiger partial charge in [0.2, 0.25) is 0 Å². The van der Waals surface area contributed by atoms with E-state index < -0.39 is 10.9 Å². The van der Waals surface area contributed by atoms with Gasteiger partial charge >= 0.3 is 5.97 Å². The third-order valence-corrected chi connectivity index (χ3v) is 1.83. The monoisotopic (exact) mass is 236 g/mol. The first-order valence-corrected chi connectivity index (χ1v) is 4.47. The molecule has 0 saturated carbocycles. The maximum Gasteiger partial charge on any atom is 0.330 e. The van der Waals surface area contributed by atoms with Gasteiger partial charge < -0.3 is 4.74 Å². The molecule has 1 aromatic carbocycles. The largest absolute Gasteiger partial charge is 0.458 e. The van der Waals surface area contributed by atoms with Crippen molar-refractivity contribution in [3.8, 4) is 0 Å². The van der Waals surface area contributed by atoms with Crippen molar-refractivity contribution >= 4 is 17.3 Å². The lowest BCUT2D eigenvalue weighted by Gasteiger charge is -2.02. The van der Waals surface area contributed by atoms with Crippen LogP contribution in [0, 0.1) is 15.0 Å². The number of hydrogen-bond acceptors (Lipinski definition) is 6. The van der Waals surface area contributed by atoms with Crippen molar-refractivity contribution in [2.45, 2.75) is 6.61 Å². The van der Waals surface area contributed by atoms with E-state index >= 15 is 0 Å². The Balaban J connectivity index is 2.94. The van der Waals surface area contributed by atoms with Crippen LogP contribution in [0.15, 0.2) is 36.0 Å². The molecule has 0 amide bonds. The van der Waals surface area contributed by atoms with E-state index in [1.807, 2.05) is 0 Å². The quantitative estimate of drug-likeness (QED) is 0.256. The molecule has 0 radical (unpaired) electrons. The normalized spacial score (nSPS) is 9.41. The number of carbonyl (C=O) groups excluding carboxylic acids is 1. The molecule has 0 saturated heterocycles. The summed E-state index contributed by atoms with van der Waals surface area (Å²) < 4.78 is 4.69. The molecule has 0 heterocycles. The zero-order chi connectivity index (χ0) is 12.8. The van der Waals surface area contributed by atoms with E-state index in [2.05, 4.69) is 16.5 Å². The molecule has 0 atom stereocenters. The molecule has 0 aliphatic carbocycles. The number of nitroso groups, excluding NO2 is 1. The van der Waals surface area contributed by atoms with E-state index in [-0.39, 0.29) is 18.0 Å². The third kappa shape index (κ3) is 3.49. The Labute approximate surface area is 95.8 Å². The molecule has 7 heteroatoms. The molecular formula is C10H8N2O5. The number of rotatable bonds is 5. The van der Waals surface area contributed by atoms with E-state index in [4.69, 9.17) is 0 Å². The highest BCUT2D eigenvalue weighted by atomic mass is 16.6. The molecule has 0 spiro atoms. The van der Waals surface area contributed by atoms with E-state index in [1.165, 1.54) is 12.1 Å². The van der Waals surface area contributed by atoms with Crippen molar-refractivity contribution in [1.82, 2.24) is 0 Å². The van der Waals surface area contributed by atoms with Crippen LogP contribution in [0.4, 0.5) is 11.4 Å². The van der Waals surface area contributed by atoms with Crippen molar-refractivity contribution in [2.75, 3.05) is 0 Å². The lowest BCUT2D eigenvalue weighted by molar-refractivity contribution is -0.384. The summed E-state index contributed by atoms with van der Waals surface area (Å²) in [7, 11) is 0. The first kappa shape index (κ1) is 12.5. The second-order valence-electron chi connectivity index (χ2n) is 3.02. The van der Waals surface area contributed by atoms with E-state index in [1.54, 1.807) is 0 Å². The highest BCUT2D eigenvalue weighted by molar-refractivity contribution is 5.81. The van der Waals surface area contributed by atoms with Crippen LogP contribution in [0.2, 0.25) is 0 Å². The average molecular weight is 236 g/mol. The standard InChI is InChI=1S/C10H8N2O5/c1-2-10(13)17-6-7-3-8(11-14)5-9(4-7)12(15)16/h2-5H,1,6H2. The van der Waals surface area contributed by atoms with Gasteiger partial charge in [-0.15, -0.1) is 4.91 Å². The predicted octanol–water partition coefficient (Wildman–Crippen LogP) is 2.22. The second kappa shape index (κ2) is 5.50. The van der Waals surface area contributed by atoms with E-state index in [0.717, 1.165) is 12.1 Å². The Kier molecular flexibility index (Phi) is 4.04. The van der Waals surface area contributed by atoms with Gasteiger partial charge in [-0.05, 0) is 16.8 Å². The summed E-state index contributed by atoms with van der Waals surface area (Å²) in [5, 5.41) is 13.2. The SMILES string of the molecule is C=CC(=O)OCc1cc(N=O)cc([N+](=O)[O-])c1. The Morgan fingerprint density at radius 2 is 2.24 bits per heavy atom. The van der Waals surface area contributed by atoms with Gasteiger partial charge in [0.25, 0.3) is 5.69 Å². The van der Waals surface area contributed by atoms with Gasteiger partial charge in [0.05, 0.1) is 4.92 Å². The molecule has 1 aromatic rings. The molecule has 0 aromatic heterocycles. The van der Waals surface area contributed by atoms with E-state index in [0.29, 0.717) is 5.56 Å². The average Bonchev–Trinajstić information content (AvgIpc) is 2.35. The fraction of sp³-hybridized carbons (Fsp3) is 0.100. The molecule has 0 aliphatic rings. The van der Waals surface area contributed by atoms with Crippen LogP contribution >= 0.6 is 0 Å². The number of carbonyl (C=O) groups is 1. The first-order valence-electron chi connectivity index (χ1n) is 4.47. The maximum atomic E-state index is 10.8. The highest BCUT2D eigenvalue weighted by Crippen LogP contribution is 2.23. The topological polar surface area (TPSA) is 98.9 Å². The Morgan fingerprint density at radius 1 is 1.53 bits per heavy atom.